The minimum atomic E-state index is -2.79. The van der Waals surface area contributed by atoms with Crippen LogP contribution in [0.25, 0.3) is 0 Å². The van der Waals surface area contributed by atoms with E-state index in [4.69, 9.17) is 4.74 Å². The van der Waals surface area contributed by atoms with Crippen LogP contribution in [0.3, 0.4) is 0 Å². The van der Waals surface area contributed by atoms with Crippen molar-refractivity contribution in [3.63, 3.8) is 0 Å². The summed E-state index contributed by atoms with van der Waals surface area (Å²) in [6.45, 7) is -1.11. The van der Waals surface area contributed by atoms with Crippen molar-refractivity contribution in [3.8, 4) is 5.75 Å². The van der Waals surface area contributed by atoms with Crippen molar-refractivity contribution in [3.05, 3.63) is 36.0 Å². The van der Waals surface area contributed by atoms with Crippen LogP contribution in [-0.4, -0.2) is 53.9 Å². The van der Waals surface area contributed by atoms with Gasteiger partial charge in [0, 0.05) is 18.8 Å². The Morgan fingerprint density at radius 3 is 2.72 bits per heavy atom. The number of nitrogens with zero attached hydrogens (tertiary/aromatic N) is 3. The molecule has 1 aromatic carbocycles. The second-order valence-electron chi connectivity index (χ2n) is 5.57. The zero-order valence-electron chi connectivity index (χ0n) is 13.7. The van der Waals surface area contributed by atoms with Crippen LogP contribution >= 0.6 is 0 Å². The number of carbonyl (C=O) groups excluding carboxylic acids is 1. The van der Waals surface area contributed by atoms with Gasteiger partial charge in [0.1, 0.15) is 11.6 Å². The monoisotopic (exact) mass is 349 g/mol. The normalized spacial score (nSPS) is 15.3. The summed E-state index contributed by atoms with van der Waals surface area (Å²) in [5.74, 6) is -1.87. The smallest absolute Gasteiger partial charge is 0.282 e. The van der Waals surface area contributed by atoms with E-state index in [-0.39, 0.29) is 5.56 Å². The van der Waals surface area contributed by atoms with Gasteiger partial charge in [-0.3, -0.25) is 4.79 Å². The molecule has 0 spiro atoms. The molecule has 2 heterocycles. The molecule has 132 valence electrons. The Balaban J connectivity index is 1.79. The molecule has 2 N–H and O–H groups in total. The second-order valence-corrected chi connectivity index (χ2v) is 5.57. The Bertz CT molecular complexity index is 792. The number of aromatic nitrogens is 2. The van der Waals surface area contributed by atoms with Crippen LogP contribution in [0.15, 0.2) is 30.5 Å². The average Bonchev–Trinajstić information content (AvgIpc) is 2.59. The molecule has 2 aromatic rings. The van der Waals surface area contributed by atoms with Gasteiger partial charge in [-0.2, -0.15) is 4.98 Å². The van der Waals surface area contributed by atoms with E-state index in [0.29, 0.717) is 23.2 Å². The van der Waals surface area contributed by atoms with Gasteiger partial charge in [0.15, 0.2) is 0 Å². The molecule has 0 saturated carbocycles. The van der Waals surface area contributed by atoms with Crippen molar-refractivity contribution in [2.24, 2.45) is 0 Å². The maximum atomic E-state index is 12.9. The number of methoxy groups -OCH3 is 1. The average molecular weight is 349 g/mol. The molecule has 0 atom stereocenters. The van der Waals surface area contributed by atoms with Gasteiger partial charge >= 0.3 is 0 Å². The first-order chi connectivity index (χ1) is 11.9. The third-order valence-electron chi connectivity index (χ3n) is 3.74. The van der Waals surface area contributed by atoms with Gasteiger partial charge < -0.3 is 20.3 Å². The Hall–Kier alpha value is -2.97. The number of anilines is 3. The third-order valence-corrected chi connectivity index (χ3v) is 3.74. The fourth-order valence-electron chi connectivity index (χ4n) is 2.44. The lowest BCUT2D eigenvalue weighted by Crippen LogP contribution is -2.58. The first-order valence-electron chi connectivity index (χ1n) is 7.55. The van der Waals surface area contributed by atoms with E-state index in [1.807, 2.05) is 0 Å². The number of amides is 1. The number of carbonyl (C=O) groups is 1. The van der Waals surface area contributed by atoms with E-state index in [9.17, 15) is 13.6 Å². The number of hydrogen-bond acceptors (Lipinski definition) is 6. The Labute approximate surface area is 143 Å². The highest BCUT2D eigenvalue weighted by atomic mass is 19.3. The maximum Gasteiger partial charge on any atom is 0.282 e. The molecule has 1 fully saturated rings. The lowest BCUT2D eigenvalue weighted by molar-refractivity contribution is -0.113. The van der Waals surface area contributed by atoms with Crippen molar-refractivity contribution in [1.82, 2.24) is 14.9 Å². The molecule has 7 nitrogen and oxygen atoms in total. The fraction of sp³-hybridized carbons (Fsp3) is 0.312. The summed E-state index contributed by atoms with van der Waals surface area (Å²) < 4.78 is 31.1. The zero-order valence-corrected chi connectivity index (χ0v) is 13.7. The van der Waals surface area contributed by atoms with Crippen molar-refractivity contribution in [2.45, 2.75) is 5.92 Å². The predicted octanol–water partition coefficient (Wildman–Crippen LogP) is 2.36. The predicted molar refractivity (Wildman–Crippen MR) is 88.7 cm³/mol. The summed E-state index contributed by atoms with van der Waals surface area (Å²) in [6, 6.07) is 6.39. The van der Waals surface area contributed by atoms with Gasteiger partial charge in [-0.1, -0.05) is 0 Å². The largest absolute Gasteiger partial charge is 0.495 e. The topological polar surface area (TPSA) is 79.4 Å². The number of halogens is 2. The first-order valence-corrected chi connectivity index (χ1v) is 7.55. The quantitative estimate of drug-likeness (QED) is 0.863. The highest BCUT2D eigenvalue weighted by molar-refractivity contribution is 5.96. The summed E-state index contributed by atoms with van der Waals surface area (Å²) in [5, 5.41) is 5.91. The molecule has 0 radical (unpaired) electrons. The molecule has 1 aliphatic rings. The Morgan fingerprint density at radius 2 is 2.08 bits per heavy atom. The summed E-state index contributed by atoms with van der Waals surface area (Å²) in [7, 11) is 3.20. The number of alkyl halides is 2. The van der Waals surface area contributed by atoms with E-state index in [0.717, 1.165) is 4.90 Å². The van der Waals surface area contributed by atoms with E-state index in [2.05, 4.69) is 20.6 Å². The number of likely N-dealkylation sites (tertiary alicyclic amines) is 1. The minimum Gasteiger partial charge on any atom is -0.495 e. The molecule has 1 aromatic heterocycles. The number of benzene rings is 1. The zero-order chi connectivity index (χ0) is 18.0. The summed E-state index contributed by atoms with van der Waals surface area (Å²) >= 11 is 0. The van der Waals surface area contributed by atoms with Crippen molar-refractivity contribution < 1.29 is 18.3 Å². The van der Waals surface area contributed by atoms with Crippen molar-refractivity contribution >= 4 is 23.4 Å². The second kappa shape index (κ2) is 6.50. The van der Waals surface area contributed by atoms with Crippen LogP contribution in [0, 0.1) is 0 Å². The third kappa shape index (κ3) is 3.59. The minimum absolute atomic E-state index is 0.280. The van der Waals surface area contributed by atoms with Gasteiger partial charge in [-0.05, 0) is 24.3 Å². The molecule has 0 aliphatic carbocycles. The Kier molecular flexibility index (Phi) is 4.39. The maximum absolute atomic E-state index is 12.9. The Morgan fingerprint density at radius 1 is 1.32 bits per heavy atom. The van der Waals surface area contributed by atoms with Gasteiger partial charge in [0.25, 0.3) is 11.8 Å². The fourth-order valence-corrected chi connectivity index (χ4v) is 2.44. The number of nitrogens with one attached hydrogen (secondary N) is 2. The molecule has 1 aliphatic heterocycles. The molecule has 3 rings (SSSR count). The first kappa shape index (κ1) is 16.9. The molecule has 25 heavy (non-hydrogen) atoms. The summed E-state index contributed by atoms with van der Waals surface area (Å²) in [5.41, 5.74) is 0.837. The van der Waals surface area contributed by atoms with Gasteiger partial charge in [0.05, 0.1) is 25.9 Å². The lowest BCUT2D eigenvalue weighted by Gasteiger charge is -2.38. The molecule has 1 amide bonds. The van der Waals surface area contributed by atoms with Crippen molar-refractivity contribution in [2.75, 3.05) is 37.9 Å². The van der Waals surface area contributed by atoms with E-state index in [1.165, 1.54) is 13.2 Å². The number of rotatable bonds is 5. The van der Waals surface area contributed by atoms with Crippen molar-refractivity contribution in [1.29, 1.82) is 0 Å². The van der Waals surface area contributed by atoms with Crippen LogP contribution in [0.2, 0.25) is 0 Å². The molecule has 9 heteroatoms. The van der Waals surface area contributed by atoms with E-state index in [1.54, 1.807) is 31.4 Å². The van der Waals surface area contributed by atoms with Gasteiger partial charge in [-0.15, -0.1) is 0 Å². The molecule has 0 bridgehead atoms. The highest BCUT2D eigenvalue weighted by Crippen LogP contribution is 2.31. The SMILES string of the molecule is CNc1ccnc(Nc2ccc(C(=O)N3CC(F)(F)C3)cc2OC)n1. The van der Waals surface area contributed by atoms with Crippen LogP contribution < -0.4 is 15.4 Å². The summed E-state index contributed by atoms with van der Waals surface area (Å²) in [6.07, 6.45) is 1.59. The lowest BCUT2D eigenvalue weighted by atomic mass is 10.1. The number of ether oxygens (including phenoxy) is 1. The van der Waals surface area contributed by atoms with Gasteiger partial charge in [0.2, 0.25) is 5.95 Å². The highest BCUT2D eigenvalue weighted by Gasteiger charge is 2.46. The molecule has 1 saturated heterocycles. The molecule has 0 unspecified atom stereocenters. The van der Waals surface area contributed by atoms with Gasteiger partial charge in [-0.25, -0.2) is 13.8 Å². The summed E-state index contributed by atoms with van der Waals surface area (Å²) in [4.78, 5) is 21.7. The van der Waals surface area contributed by atoms with Crippen LogP contribution in [0.4, 0.5) is 26.2 Å². The molecular weight excluding hydrogens is 332 g/mol. The van der Waals surface area contributed by atoms with Crippen LogP contribution in [0.5, 0.6) is 5.75 Å². The molecular formula is C16H17F2N5O2. The number of hydrogen-bond donors (Lipinski definition) is 2. The van der Waals surface area contributed by atoms with Crippen LogP contribution in [-0.2, 0) is 0 Å². The van der Waals surface area contributed by atoms with Crippen LogP contribution in [0.1, 0.15) is 10.4 Å². The standard InChI is InChI=1S/C16H17F2N5O2/c1-19-13-5-6-20-15(22-13)21-11-4-3-10(7-12(11)25-2)14(24)23-8-16(17,18)9-23/h3-7H,8-9H2,1-2H3,(H2,19,20,21,22). The van der Waals surface area contributed by atoms with E-state index >= 15 is 0 Å². The van der Waals surface area contributed by atoms with E-state index < -0.39 is 24.9 Å².